The molecule has 0 radical (unpaired) electrons. The normalized spacial score (nSPS) is 12.3. The summed E-state index contributed by atoms with van der Waals surface area (Å²) in [6.45, 7) is 8.05. The van der Waals surface area contributed by atoms with Crippen LogP contribution in [0, 0.1) is 0 Å². The Bertz CT molecular complexity index is 472. The molecule has 5 nitrogen and oxygen atoms in total. The number of rotatable bonds is 12. The molecule has 2 N–H and O–H groups in total. The summed E-state index contributed by atoms with van der Waals surface area (Å²) in [6, 6.07) is 8.19. The molecule has 0 saturated carbocycles. The van der Waals surface area contributed by atoms with Crippen LogP contribution in [0.5, 0.6) is 0 Å². The van der Waals surface area contributed by atoms with Gasteiger partial charge in [0.2, 0.25) is 0 Å². The number of carbonyl (C=O) groups excluding carboxylic acids is 1. The molecule has 5 heteroatoms. The summed E-state index contributed by atoms with van der Waals surface area (Å²) in [7, 11) is 0. The quantitative estimate of drug-likeness (QED) is 0.457. The van der Waals surface area contributed by atoms with Gasteiger partial charge in [0.1, 0.15) is 0 Å². The third-order valence-corrected chi connectivity index (χ3v) is 3.94. The molecule has 0 aliphatic carbocycles. The van der Waals surface area contributed by atoms with Crippen LogP contribution in [0.25, 0.3) is 0 Å². The Kier molecular flexibility index (Phi) is 9.17. The second-order valence-corrected chi connectivity index (χ2v) is 5.57. The zero-order valence-corrected chi connectivity index (χ0v) is 14.1. The molecule has 0 aliphatic heterocycles. The number of benzene rings is 1. The Balaban J connectivity index is 2.46. The maximum absolute atomic E-state index is 12.4. The van der Waals surface area contributed by atoms with Crippen molar-refractivity contribution in [1.82, 2.24) is 10.2 Å². The summed E-state index contributed by atoms with van der Waals surface area (Å²) in [5, 5.41) is 12.1. The van der Waals surface area contributed by atoms with Crippen LogP contribution < -0.4 is 5.32 Å². The molecule has 1 aromatic rings. The Morgan fingerprint density at radius 1 is 1.13 bits per heavy atom. The van der Waals surface area contributed by atoms with Crippen LogP contribution in [0.15, 0.2) is 30.3 Å². The Morgan fingerprint density at radius 3 is 2.35 bits per heavy atom. The molecule has 1 aromatic carbocycles. The molecular formula is C18H28N2O3. The summed E-state index contributed by atoms with van der Waals surface area (Å²) in [5.74, 6) is -1.12. The fraction of sp³-hybridized carbons (Fsp3) is 0.556. The molecule has 1 unspecified atom stereocenters. The van der Waals surface area contributed by atoms with Crippen molar-refractivity contribution >= 4 is 11.8 Å². The van der Waals surface area contributed by atoms with Crippen molar-refractivity contribution in [3.8, 4) is 0 Å². The van der Waals surface area contributed by atoms with Crippen LogP contribution in [-0.4, -0.2) is 54.0 Å². The van der Waals surface area contributed by atoms with E-state index in [4.69, 9.17) is 5.11 Å². The number of nitrogens with one attached hydrogen (secondary N) is 1. The monoisotopic (exact) mass is 320 g/mol. The van der Waals surface area contributed by atoms with Gasteiger partial charge in [-0.2, -0.15) is 0 Å². The summed E-state index contributed by atoms with van der Waals surface area (Å²) in [4.78, 5) is 25.8. The number of aliphatic carboxylic acids is 1. The first-order chi connectivity index (χ1) is 11.1. The molecule has 23 heavy (non-hydrogen) atoms. The number of unbranched alkanes of at least 4 members (excludes halogenated alkanes) is 1. The van der Waals surface area contributed by atoms with E-state index in [-0.39, 0.29) is 12.2 Å². The van der Waals surface area contributed by atoms with Crippen molar-refractivity contribution in [2.24, 2.45) is 0 Å². The molecule has 0 aliphatic rings. The van der Waals surface area contributed by atoms with Gasteiger partial charge in [-0.05, 0) is 39.0 Å². The van der Waals surface area contributed by atoms with Gasteiger partial charge in [0.25, 0.3) is 0 Å². The number of ketones is 1. The Labute approximate surface area is 138 Å². The third kappa shape index (κ3) is 7.39. The standard InChI is InChI=1S/C18H28N2O3/c1-3-20(4-2)13-9-8-12-19-16(14-17(21)22)18(23)15-10-6-5-7-11-15/h5-7,10-11,16,19H,3-4,8-9,12-14H2,1-2H3,(H,21,22). The maximum atomic E-state index is 12.4. The third-order valence-electron chi connectivity index (χ3n) is 3.94. The van der Waals surface area contributed by atoms with E-state index in [9.17, 15) is 9.59 Å². The van der Waals surface area contributed by atoms with Gasteiger partial charge in [-0.3, -0.25) is 9.59 Å². The minimum absolute atomic E-state index is 0.156. The maximum Gasteiger partial charge on any atom is 0.305 e. The average Bonchev–Trinajstić information content (AvgIpc) is 2.57. The number of carboxylic acids is 1. The minimum Gasteiger partial charge on any atom is -0.481 e. The fourth-order valence-corrected chi connectivity index (χ4v) is 2.51. The number of hydrogen-bond donors (Lipinski definition) is 2. The number of Topliss-reactive ketones (excluding diaryl/α,β-unsaturated/α-hetero) is 1. The van der Waals surface area contributed by atoms with E-state index < -0.39 is 12.0 Å². The molecule has 0 bridgehead atoms. The van der Waals surface area contributed by atoms with Gasteiger partial charge in [0.15, 0.2) is 5.78 Å². The highest BCUT2D eigenvalue weighted by Gasteiger charge is 2.22. The van der Waals surface area contributed by atoms with Gasteiger partial charge in [-0.25, -0.2) is 0 Å². The molecule has 0 fully saturated rings. The number of carbonyl (C=O) groups is 2. The molecular weight excluding hydrogens is 292 g/mol. The zero-order valence-electron chi connectivity index (χ0n) is 14.1. The number of nitrogens with zero attached hydrogens (tertiary/aromatic N) is 1. The highest BCUT2D eigenvalue weighted by molar-refractivity contribution is 6.01. The lowest BCUT2D eigenvalue weighted by Gasteiger charge is -2.19. The van der Waals surface area contributed by atoms with E-state index in [1.54, 1.807) is 24.3 Å². The first-order valence-corrected chi connectivity index (χ1v) is 8.35. The van der Waals surface area contributed by atoms with Crippen LogP contribution >= 0.6 is 0 Å². The van der Waals surface area contributed by atoms with Crippen LogP contribution in [0.2, 0.25) is 0 Å². The second kappa shape index (κ2) is 10.9. The van der Waals surface area contributed by atoms with Crippen molar-refractivity contribution < 1.29 is 14.7 Å². The molecule has 1 rings (SSSR count). The van der Waals surface area contributed by atoms with E-state index in [1.807, 2.05) is 6.07 Å². The zero-order chi connectivity index (χ0) is 17.1. The van der Waals surface area contributed by atoms with Crippen molar-refractivity contribution in [2.75, 3.05) is 26.2 Å². The van der Waals surface area contributed by atoms with Crippen LogP contribution in [0.4, 0.5) is 0 Å². The Hall–Kier alpha value is -1.72. The van der Waals surface area contributed by atoms with E-state index in [0.29, 0.717) is 12.1 Å². The lowest BCUT2D eigenvalue weighted by atomic mass is 10.0. The summed E-state index contributed by atoms with van der Waals surface area (Å²) in [6.07, 6.45) is 1.77. The summed E-state index contributed by atoms with van der Waals surface area (Å²) in [5.41, 5.74) is 0.550. The highest BCUT2D eigenvalue weighted by atomic mass is 16.4. The van der Waals surface area contributed by atoms with Gasteiger partial charge in [0.05, 0.1) is 12.5 Å². The lowest BCUT2D eigenvalue weighted by Crippen LogP contribution is -2.39. The van der Waals surface area contributed by atoms with Crippen molar-refractivity contribution in [3.63, 3.8) is 0 Å². The van der Waals surface area contributed by atoms with Gasteiger partial charge in [0, 0.05) is 5.56 Å². The fourth-order valence-electron chi connectivity index (χ4n) is 2.51. The predicted molar refractivity (Wildman–Crippen MR) is 91.8 cm³/mol. The van der Waals surface area contributed by atoms with Gasteiger partial charge >= 0.3 is 5.97 Å². The minimum atomic E-state index is -0.963. The highest BCUT2D eigenvalue weighted by Crippen LogP contribution is 2.07. The van der Waals surface area contributed by atoms with Gasteiger partial charge in [-0.1, -0.05) is 44.2 Å². The van der Waals surface area contributed by atoms with Crippen LogP contribution in [-0.2, 0) is 4.79 Å². The Morgan fingerprint density at radius 2 is 1.78 bits per heavy atom. The number of hydrogen-bond acceptors (Lipinski definition) is 4. The predicted octanol–water partition coefficient (Wildman–Crippen LogP) is 2.42. The van der Waals surface area contributed by atoms with Crippen LogP contribution in [0.1, 0.15) is 43.5 Å². The van der Waals surface area contributed by atoms with Gasteiger partial charge < -0.3 is 15.3 Å². The average molecular weight is 320 g/mol. The topological polar surface area (TPSA) is 69.6 Å². The van der Waals surface area contributed by atoms with Crippen molar-refractivity contribution in [3.05, 3.63) is 35.9 Å². The summed E-state index contributed by atoms with van der Waals surface area (Å²) >= 11 is 0. The van der Waals surface area contributed by atoms with Gasteiger partial charge in [-0.15, -0.1) is 0 Å². The van der Waals surface area contributed by atoms with E-state index in [0.717, 1.165) is 32.5 Å². The number of carboxylic acid groups (broad SMARTS) is 1. The first-order valence-electron chi connectivity index (χ1n) is 8.35. The SMILES string of the molecule is CCN(CC)CCCCNC(CC(=O)O)C(=O)c1ccccc1. The van der Waals surface area contributed by atoms with Crippen molar-refractivity contribution in [1.29, 1.82) is 0 Å². The molecule has 0 aromatic heterocycles. The van der Waals surface area contributed by atoms with E-state index >= 15 is 0 Å². The summed E-state index contributed by atoms with van der Waals surface area (Å²) < 4.78 is 0. The van der Waals surface area contributed by atoms with Crippen LogP contribution in [0.3, 0.4) is 0 Å². The van der Waals surface area contributed by atoms with Crippen molar-refractivity contribution in [2.45, 2.75) is 39.2 Å². The largest absolute Gasteiger partial charge is 0.481 e. The van der Waals surface area contributed by atoms with E-state index in [2.05, 4.69) is 24.1 Å². The molecule has 128 valence electrons. The molecule has 0 spiro atoms. The van der Waals surface area contributed by atoms with E-state index in [1.165, 1.54) is 0 Å². The smallest absolute Gasteiger partial charge is 0.305 e. The molecule has 0 heterocycles. The second-order valence-electron chi connectivity index (χ2n) is 5.57. The first kappa shape index (κ1) is 19.3. The molecule has 1 atom stereocenters. The molecule has 0 saturated heterocycles. The lowest BCUT2D eigenvalue weighted by molar-refractivity contribution is -0.137. The molecule has 0 amide bonds.